The van der Waals surface area contributed by atoms with Crippen LogP contribution in [0.1, 0.15) is 71.8 Å². The van der Waals surface area contributed by atoms with Gasteiger partial charge in [0.15, 0.2) is 0 Å². The molecule has 14 heteroatoms. The number of tetrazole rings is 1. The van der Waals surface area contributed by atoms with Gasteiger partial charge >= 0.3 is 12.1 Å². The molecule has 1 aliphatic carbocycles. The predicted octanol–water partition coefficient (Wildman–Crippen LogP) is 4.58. The zero-order valence-electron chi connectivity index (χ0n) is 27.3. The van der Waals surface area contributed by atoms with Gasteiger partial charge in [-0.15, -0.1) is 10.2 Å². The number of alkyl carbamates (subject to hydrolysis) is 1. The number of hydrogen-bond donors (Lipinski definition) is 3. The van der Waals surface area contributed by atoms with E-state index in [1.54, 1.807) is 32.1 Å². The maximum Gasteiger partial charge on any atom is 0.408 e. The van der Waals surface area contributed by atoms with Crippen LogP contribution in [0.4, 0.5) is 4.79 Å². The van der Waals surface area contributed by atoms with Gasteiger partial charge in [-0.25, -0.2) is 9.59 Å². The molecule has 2 aliphatic heterocycles. The molecule has 2 aromatic heterocycles. The highest BCUT2D eigenvalue weighted by molar-refractivity contribution is 7.08. The van der Waals surface area contributed by atoms with Crippen LogP contribution < -0.4 is 10.6 Å². The summed E-state index contributed by atoms with van der Waals surface area (Å²) in [5, 5.41) is 32.9. The van der Waals surface area contributed by atoms with Crippen molar-refractivity contribution in [3.63, 3.8) is 0 Å². The first-order chi connectivity index (χ1) is 22.9. The third-order valence-electron chi connectivity index (χ3n) is 9.08. The number of carboxylic acids is 1. The van der Waals surface area contributed by atoms with Gasteiger partial charge in [-0.05, 0) is 79.6 Å². The molecule has 4 heterocycles. The Balaban J connectivity index is 1.27. The second-order valence-corrected chi connectivity index (χ2v) is 14.5. The second kappa shape index (κ2) is 13.5. The van der Waals surface area contributed by atoms with Crippen LogP contribution in [0, 0.1) is 5.92 Å². The van der Waals surface area contributed by atoms with Gasteiger partial charge in [0, 0.05) is 24.4 Å². The van der Waals surface area contributed by atoms with E-state index in [0.29, 0.717) is 18.7 Å². The SMILES string of the molecule is CC(C)(C)OC(=O)N[C@H]1CCCCCC=C[C@@H]2C[C@@]2(C(=O)O)NC(=O)[C@@H]2C[C@@H](n3nnc(-c4ccc(-c5ccsc5)cc4)n3)CN2C1=O. The fourth-order valence-corrected chi connectivity index (χ4v) is 7.10. The van der Waals surface area contributed by atoms with E-state index in [2.05, 4.69) is 37.5 Å². The molecule has 2 fully saturated rings. The van der Waals surface area contributed by atoms with Crippen molar-refractivity contribution in [1.82, 2.24) is 35.7 Å². The summed E-state index contributed by atoms with van der Waals surface area (Å²) < 4.78 is 5.46. The normalized spacial score (nSPS) is 26.4. The minimum atomic E-state index is -1.43. The van der Waals surface area contributed by atoms with Crippen LogP contribution in [-0.4, -0.2) is 83.9 Å². The van der Waals surface area contributed by atoms with E-state index in [0.717, 1.165) is 36.0 Å². The number of amides is 3. The molecule has 1 saturated carbocycles. The lowest BCUT2D eigenvalue weighted by Crippen LogP contribution is -2.56. The Kier molecular flexibility index (Phi) is 9.37. The first-order valence-corrected chi connectivity index (χ1v) is 17.3. The summed E-state index contributed by atoms with van der Waals surface area (Å²) in [6.07, 6.45) is 6.94. The van der Waals surface area contributed by atoms with Gasteiger partial charge < -0.3 is 25.4 Å². The van der Waals surface area contributed by atoms with Gasteiger partial charge in [-0.2, -0.15) is 16.1 Å². The summed E-state index contributed by atoms with van der Waals surface area (Å²) in [4.78, 5) is 56.2. The number of ether oxygens (including phenoxy) is 1. The zero-order chi connectivity index (χ0) is 34.1. The molecule has 0 spiro atoms. The Morgan fingerprint density at radius 1 is 1.08 bits per heavy atom. The van der Waals surface area contributed by atoms with E-state index in [-0.39, 0.29) is 25.3 Å². The average Bonchev–Trinajstić information content (AvgIpc) is 3.53. The van der Waals surface area contributed by atoms with Gasteiger partial charge in [0.05, 0.1) is 6.04 Å². The molecule has 0 unspecified atom stereocenters. The van der Waals surface area contributed by atoms with Crippen LogP contribution in [-0.2, 0) is 19.1 Å². The maximum absolute atomic E-state index is 14.2. The third kappa shape index (κ3) is 7.28. The Labute approximate surface area is 282 Å². The molecule has 254 valence electrons. The zero-order valence-corrected chi connectivity index (χ0v) is 28.1. The van der Waals surface area contributed by atoms with Crippen molar-refractivity contribution in [2.75, 3.05) is 6.54 Å². The van der Waals surface area contributed by atoms with Crippen molar-refractivity contribution in [3.8, 4) is 22.5 Å². The monoisotopic (exact) mass is 675 g/mol. The Morgan fingerprint density at radius 2 is 1.85 bits per heavy atom. The first kappa shape index (κ1) is 33.3. The number of allylic oxidation sites excluding steroid dienone is 1. The van der Waals surface area contributed by atoms with E-state index >= 15 is 0 Å². The minimum absolute atomic E-state index is 0.0692. The molecule has 0 bridgehead atoms. The van der Waals surface area contributed by atoms with E-state index in [9.17, 15) is 24.3 Å². The molecule has 48 heavy (non-hydrogen) atoms. The number of rotatable bonds is 5. The number of aromatic nitrogens is 4. The van der Waals surface area contributed by atoms with Crippen molar-refractivity contribution in [2.24, 2.45) is 5.92 Å². The number of thiophene rings is 1. The van der Waals surface area contributed by atoms with E-state index in [4.69, 9.17) is 4.74 Å². The number of carbonyl (C=O) groups excluding carboxylic acids is 3. The molecule has 3 aliphatic rings. The number of benzene rings is 1. The number of aliphatic carboxylic acids is 1. The van der Waals surface area contributed by atoms with E-state index in [1.807, 2.05) is 41.8 Å². The predicted molar refractivity (Wildman–Crippen MR) is 178 cm³/mol. The summed E-state index contributed by atoms with van der Waals surface area (Å²) in [7, 11) is 0. The fourth-order valence-electron chi connectivity index (χ4n) is 6.43. The molecule has 3 amide bonds. The van der Waals surface area contributed by atoms with Gasteiger partial charge in [0.1, 0.15) is 23.2 Å². The molecule has 3 aromatic rings. The first-order valence-electron chi connectivity index (χ1n) is 16.4. The van der Waals surface area contributed by atoms with Crippen molar-refractivity contribution in [1.29, 1.82) is 0 Å². The summed E-state index contributed by atoms with van der Waals surface area (Å²) in [5.41, 5.74) is 0.757. The lowest BCUT2D eigenvalue weighted by atomic mass is 10.0. The lowest BCUT2D eigenvalue weighted by molar-refractivity contribution is -0.145. The van der Waals surface area contributed by atoms with Gasteiger partial charge in [0.2, 0.25) is 17.6 Å². The molecule has 0 radical (unpaired) electrons. The lowest BCUT2D eigenvalue weighted by Gasteiger charge is -2.30. The average molecular weight is 676 g/mol. The van der Waals surface area contributed by atoms with Crippen LogP contribution in [0.15, 0.2) is 53.2 Å². The highest BCUT2D eigenvalue weighted by Crippen LogP contribution is 2.45. The molecule has 1 aromatic carbocycles. The van der Waals surface area contributed by atoms with Gasteiger partial charge in [-0.3, -0.25) is 9.59 Å². The molecule has 1 saturated heterocycles. The summed E-state index contributed by atoms with van der Waals surface area (Å²) in [6.45, 7) is 5.29. The van der Waals surface area contributed by atoms with E-state index < -0.39 is 53.1 Å². The van der Waals surface area contributed by atoms with Crippen LogP contribution in [0.25, 0.3) is 22.5 Å². The summed E-state index contributed by atoms with van der Waals surface area (Å²) in [6, 6.07) is 7.38. The summed E-state index contributed by atoms with van der Waals surface area (Å²) in [5.74, 6) is -2.07. The number of nitrogens with one attached hydrogen (secondary N) is 2. The Bertz CT molecular complexity index is 1680. The number of fused-ring (bicyclic) bond motifs is 2. The maximum atomic E-state index is 14.2. The standard InChI is InChI=1S/C34H41N7O6S/c1-33(2,3)47-32(46)35-26-10-8-6-4-5-7-9-24-18-34(24,31(44)45)36-29(42)27-17-25(19-40(27)30(26)43)41-38-28(37-39-41)22-13-11-21(12-14-22)23-15-16-48-20-23/h7,9,11-16,20,24-27H,4-6,8,10,17-19H2,1-3H3,(H,35,46)(H,36,42)(H,44,45)/t24-,25-,26+,27+,34-/m1/s1. The number of hydrogen-bond acceptors (Lipinski definition) is 9. The van der Waals surface area contributed by atoms with Crippen molar-refractivity contribution < 1.29 is 29.0 Å². The Morgan fingerprint density at radius 3 is 2.56 bits per heavy atom. The second-order valence-electron chi connectivity index (χ2n) is 13.8. The highest BCUT2D eigenvalue weighted by atomic mass is 32.1. The third-order valence-corrected chi connectivity index (χ3v) is 9.76. The van der Waals surface area contributed by atoms with Crippen LogP contribution >= 0.6 is 11.3 Å². The summed E-state index contributed by atoms with van der Waals surface area (Å²) >= 11 is 1.63. The molecular weight excluding hydrogens is 634 g/mol. The van der Waals surface area contributed by atoms with E-state index in [1.165, 1.54) is 9.70 Å². The van der Waals surface area contributed by atoms with Gasteiger partial charge in [-0.1, -0.05) is 49.3 Å². The highest BCUT2D eigenvalue weighted by Gasteiger charge is 2.61. The molecule has 6 rings (SSSR count). The van der Waals surface area contributed by atoms with Crippen LogP contribution in [0.3, 0.4) is 0 Å². The fraction of sp³-hybridized carbons (Fsp3) is 0.500. The number of carboxylic acid groups (broad SMARTS) is 1. The Hall–Kier alpha value is -4.59. The van der Waals surface area contributed by atoms with Crippen LogP contribution in [0.2, 0.25) is 0 Å². The smallest absolute Gasteiger partial charge is 0.408 e. The van der Waals surface area contributed by atoms with Gasteiger partial charge in [0.25, 0.3) is 0 Å². The molecule has 5 atom stereocenters. The number of nitrogens with zero attached hydrogens (tertiary/aromatic N) is 5. The molecular formula is C34H41N7O6S. The topological polar surface area (TPSA) is 169 Å². The van der Waals surface area contributed by atoms with Crippen molar-refractivity contribution in [2.45, 2.75) is 95.0 Å². The van der Waals surface area contributed by atoms with Crippen molar-refractivity contribution in [3.05, 3.63) is 53.2 Å². The molecule has 13 nitrogen and oxygen atoms in total. The van der Waals surface area contributed by atoms with Crippen molar-refractivity contribution >= 4 is 35.2 Å². The van der Waals surface area contributed by atoms with Crippen LogP contribution in [0.5, 0.6) is 0 Å². The largest absolute Gasteiger partial charge is 0.479 e. The quantitative estimate of drug-likeness (QED) is 0.328. The number of carbonyl (C=O) groups is 4. The minimum Gasteiger partial charge on any atom is -0.479 e. The molecule has 3 N–H and O–H groups in total.